The van der Waals surface area contributed by atoms with Crippen molar-refractivity contribution >= 4 is 32.6 Å². The van der Waals surface area contributed by atoms with Gasteiger partial charge in [0.15, 0.2) is 5.13 Å². The molecule has 5 heteroatoms. The second-order valence-electron chi connectivity index (χ2n) is 6.85. The molecule has 0 spiro atoms. The molecule has 0 aliphatic rings. The average Bonchev–Trinajstić information content (AvgIpc) is 3.03. The Balaban J connectivity index is 1.97. The number of hydrogen-bond acceptors (Lipinski definition) is 4. The van der Waals surface area contributed by atoms with Gasteiger partial charge in [-0.2, -0.15) is 0 Å². The fourth-order valence-electron chi connectivity index (χ4n) is 2.98. The Morgan fingerprint density at radius 2 is 1.73 bits per heavy atom. The van der Waals surface area contributed by atoms with Crippen molar-refractivity contribution in [2.24, 2.45) is 0 Å². The Morgan fingerprint density at radius 1 is 1.00 bits per heavy atom. The Morgan fingerprint density at radius 3 is 2.42 bits per heavy atom. The Hall–Kier alpha value is -2.24. The summed E-state index contributed by atoms with van der Waals surface area (Å²) in [5.74, 6) is 0.0264. The van der Waals surface area contributed by atoms with Crippen molar-refractivity contribution in [1.29, 1.82) is 0 Å². The molecule has 3 aromatic rings. The summed E-state index contributed by atoms with van der Waals surface area (Å²) in [4.78, 5) is 22.1. The average molecular weight is 368 g/mol. The van der Waals surface area contributed by atoms with Crippen molar-refractivity contribution < 1.29 is 4.79 Å². The molecule has 2 aromatic carbocycles. The van der Waals surface area contributed by atoms with Crippen molar-refractivity contribution in [3.63, 3.8) is 0 Å². The highest BCUT2D eigenvalue weighted by Gasteiger charge is 2.22. The quantitative estimate of drug-likeness (QED) is 0.643. The molecule has 0 fully saturated rings. The smallest absolute Gasteiger partial charge is 0.260 e. The maximum atomic E-state index is 13.3. The van der Waals surface area contributed by atoms with Gasteiger partial charge in [-0.25, -0.2) is 4.98 Å². The first-order valence-electron chi connectivity index (χ1n) is 8.86. The lowest BCUT2D eigenvalue weighted by Gasteiger charge is -2.21. The number of hydrogen-bond donors (Lipinski definition) is 0. The number of amides is 1. The molecule has 4 nitrogen and oxygen atoms in total. The molecule has 136 valence electrons. The molecule has 0 unspecified atom stereocenters. The number of benzene rings is 2. The summed E-state index contributed by atoms with van der Waals surface area (Å²) in [6.45, 7) is 5.63. The molecule has 0 atom stereocenters. The molecule has 0 aliphatic carbocycles. The summed E-state index contributed by atoms with van der Waals surface area (Å²) in [7, 11) is 4.10. The lowest BCUT2D eigenvalue weighted by Crippen LogP contribution is -2.33. The van der Waals surface area contributed by atoms with Gasteiger partial charge in [-0.1, -0.05) is 41.7 Å². The summed E-state index contributed by atoms with van der Waals surface area (Å²) in [6.07, 6.45) is 0.902. The van der Waals surface area contributed by atoms with Gasteiger partial charge < -0.3 is 4.90 Å². The summed E-state index contributed by atoms with van der Waals surface area (Å²) in [6, 6.07) is 13.9. The molecular weight excluding hydrogens is 342 g/mol. The Labute approximate surface area is 159 Å². The van der Waals surface area contributed by atoms with Crippen molar-refractivity contribution in [2.45, 2.75) is 20.3 Å². The second kappa shape index (κ2) is 7.98. The van der Waals surface area contributed by atoms with Gasteiger partial charge in [0.2, 0.25) is 0 Å². The Bertz CT molecular complexity index is 917. The largest absolute Gasteiger partial charge is 0.309 e. The molecule has 1 aromatic heterocycles. The number of para-hydroxylation sites is 1. The van der Waals surface area contributed by atoms with Crippen molar-refractivity contribution in [1.82, 2.24) is 9.88 Å². The number of nitrogens with zero attached hydrogens (tertiary/aromatic N) is 3. The third-order valence-corrected chi connectivity index (χ3v) is 5.49. The van der Waals surface area contributed by atoms with Crippen LogP contribution in [0.4, 0.5) is 5.13 Å². The number of fused-ring (bicyclic) bond motifs is 1. The van der Waals surface area contributed by atoms with Gasteiger partial charge in [0.1, 0.15) is 0 Å². The molecule has 0 radical (unpaired) electrons. The van der Waals surface area contributed by atoms with Crippen molar-refractivity contribution in [3.05, 3.63) is 59.2 Å². The van der Waals surface area contributed by atoms with Gasteiger partial charge in [0.05, 0.1) is 10.2 Å². The molecule has 1 amide bonds. The zero-order chi connectivity index (χ0) is 18.7. The van der Waals surface area contributed by atoms with Crippen LogP contribution in [0, 0.1) is 13.8 Å². The molecule has 0 bridgehead atoms. The van der Waals surface area contributed by atoms with Crippen LogP contribution in [-0.2, 0) is 0 Å². The van der Waals surface area contributed by atoms with Gasteiger partial charge >= 0.3 is 0 Å². The minimum Gasteiger partial charge on any atom is -0.309 e. The van der Waals surface area contributed by atoms with E-state index in [4.69, 9.17) is 4.98 Å². The Kier molecular flexibility index (Phi) is 5.69. The fourth-order valence-corrected chi connectivity index (χ4v) is 4.05. The first kappa shape index (κ1) is 18.5. The van der Waals surface area contributed by atoms with E-state index in [-0.39, 0.29) is 5.91 Å². The maximum absolute atomic E-state index is 13.3. The van der Waals surface area contributed by atoms with Crippen LogP contribution in [-0.4, -0.2) is 43.0 Å². The van der Waals surface area contributed by atoms with Crippen LogP contribution in [0.5, 0.6) is 0 Å². The number of aryl methyl sites for hydroxylation is 2. The first-order valence-corrected chi connectivity index (χ1v) is 9.67. The van der Waals surface area contributed by atoms with E-state index in [9.17, 15) is 4.79 Å². The molecule has 0 N–H and O–H groups in total. The minimum atomic E-state index is 0.0264. The van der Waals surface area contributed by atoms with Gasteiger partial charge in [0.25, 0.3) is 5.91 Å². The third-order valence-electron chi connectivity index (χ3n) is 4.45. The maximum Gasteiger partial charge on any atom is 0.260 e. The lowest BCUT2D eigenvalue weighted by atomic mass is 10.1. The van der Waals surface area contributed by atoms with Gasteiger partial charge in [-0.05, 0) is 64.2 Å². The van der Waals surface area contributed by atoms with Crippen LogP contribution in [0.15, 0.2) is 42.5 Å². The molecule has 0 saturated heterocycles. The number of thiazole rings is 1. The van der Waals surface area contributed by atoms with Gasteiger partial charge in [0, 0.05) is 12.1 Å². The van der Waals surface area contributed by atoms with Crippen LogP contribution in [0.25, 0.3) is 10.2 Å². The minimum absolute atomic E-state index is 0.0264. The molecule has 0 aliphatic heterocycles. The number of rotatable bonds is 6. The monoisotopic (exact) mass is 367 g/mol. The van der Waals surface area contributed by atoms with Crippen LogP contribution in [0.3, 0.4) is 0 Å². The molecular formula is C21H25N3OS. The van der Waals surface area contributed by atoms with E-state index in [0.717, 1.165) is 45.0 Å². The lowest BCUT2D eigenvalue weighted by molar-refractivity contribution is 0.0985. The van der Waals surface area contributed by atoms with E-state index in [1.165, 1.54) is 0 Å². The summed E-state index contributed by atoms with van der Waals surface area (Å²) >= 11 is 1.59. The molecule has 3 rings (SSSR count). The van der Waals surface area contributed by atoms with E-state index >= 15 is 0 Å². The number of carbonyl (C=O) groups excluding carboxylic acids is 1. The molecule has 1 heterocycles. The van der Waals surface area contributed by atoms with Gasteiger partial charge in [-0.15, -0.1) is 0 Å². The highest BCUT2D eigenvalue weighted by Crippen LogP contribution is 2.31. The van der Waals surface area contributed by atoms with Crippen LogP contribution in [0.1, 0.15) is 27.9 Å². The third kappa shape index (κ3) is 3.94. The number of anilines is 1. The highest BCUT2D eigenvalue weighted by atomic mass is 32.1. The standard InChI is InChI=1S/C21H25N3OS/c1-15-9-5-6-11-17(15)20(25)24(14-8-13-23(3)4)21-22-19-16(2)10-7-12-18(19)26-21/h5-7,9-12H,8,13-14H2,1-4H3. The number of carbonyl (C=O) groups is 1. The normalized spacial score (nSPS) is 11.3. The van der Waals surface area contributed by atoms with Crippen molar-refractivity contribution in [2.75, 3.05) is 32.1 Å². The molecule has 26 heavy (non-hydrogen) atoms. The zero-order valence-electron chi connectivity index (χ0n) is 15.8. The second-order valence-corrected chi connectivity index (χ2v) is 7.86. The van der Waals surface area contributed by atoms with E-state index in [0.29, 0.717) is 6.54 Å². The SMILES string of the molecule is Cc1ccccc1C(=O)N(CCCN(C)C)c1nc2c(C)cccc2s1. The predicted octanol–water partition coefficient (Wildman–Crippen LogP) is 4.51. The summed E-state index contributed by atoms with van der Waals surface area (Å²) in [5, 5.41) is 0.779. The highest BCUT2D eigenvalue weighted by molar-refractivity contribution is 7.22. The van der Waals surface area contributed by atoms with E-state index in [2.05, 4.69) is 38.1 Å². The van der Waals surface area contributed by atoms with Crippen LogP contribution in [0.2, 0.25) is 0 Å². The van der Waals surface area contributed by atoms with Crippen molar-refractivity contribution in [3.8, 4) is 0 Å². The van der Waals surface area contributed by atoms with E-state index in [1.54, 1.807) is 11.3 Å². The topological polar surface area (TPSA) is 36.4 Å². The van der Waals surface area contributed by atoms with E-state index in [1.807, 2.05) is 42.2 Å². The predicted molar refractivity (Wildman–Crippen MR) is 110 cm³/mol. The van der Waals surface area contributed by atoms with E-state index < -0.39 is 0 Å². The van der Waals surface area contributed by atoms with Crippen LogP contribution < -0.4 is 4.90 Å². The molecule has 0 saturated carbocycles. The summed E-state index contributed by atoms with van der Waals surface area (Å²) < 4.78 is 1.12. The fraction of sp³-hybridized carbons (Fsp3) is 0.333. The van der Waals surface area contributed by atoms with Crippen LogP contribution >= 0.6 is 11.3 Å². The zero-order valence-corrected chi connectivity index (χ0v) is 16.6. The number of aromatic nitrogens is 1. The first-order chi connectivity index (χ1) is 12.5. The van der Waals surface area contributed by atoms with Gasteiger partial charge in [-0.3, -0.25) is 9.69 Å². The summed E-state index contributed by atoms with van der Waals surface area (Å²) in [5.41, 5.74) is 3.87.